The Labute approximate surface area is 146 Å². The summed E-state index contributed by atoms with van der Waals surface area (Å²) in [6.45, 7) is 4.62. The zero-order valence-corrected chi connectivity index (χ0v) is 15.3. The molecule has 0 saturated carbocycles. The van der Waals surface area contributed by atoms with Crippen LogP contribution in [0.3, 0.4) is 0 Å². The topological polar surface area (TPSA) is 87.6 Å². The number of hydrogen-bond donors (Lipinski definition) is 2. The molecule has 0 radical (unpaired) electrons. The van der Waals surface area contributed by atoms with E-state index >= 15 is 0 Å². The number of carbonyl (C=O) groups is 1. The first-order valence-corrected chi connectivity index (χ1v) is 10.7. The minimum atomic E-state index is -2.95. The number of aliphatic imine (C=N–C) groups is 1. The number of benzene rings is 1. The van der Waals surface area contributed by atoms with Crippen molar-refractivity contribution in [3.05, 3.63) is 29.3 Å². The number of anilines is 1. The Morgan fingerprint density at radius 2 is 2.17 bits per heavy atom. The minimum Gasteiger partial charge on any atom is -0.352 e. The fourth-order valence-corrected chi connectivity index (χ4v) is 6.44. The number of sulfone groups is 1. The number of thioether (sulfide) groups is 1. The Morgan fingerprint density at radius 1 is 1.38 bits per heavy atom. The van der Waals surface area contributed by atoms with Crippen LogP contribution in [-0.2, 0) is 9.84 Å². The van der Waals surface area contributed by atoms with Gasteiger partial charge in [-0.15, -0.1) is 0 Å². The van der Waals surface area contributed by atoms with Crippen LogP contribution in [0.25, 0.3) is 0 Å². The third-order valence-corrected chi connectivity index (χ3v) is 7.24. The van der Waals surface area contributed by atoms with Gasteiger partial charge in [-0.2, -0.15) is 0 Å². The summed E-state index contributed by atoms with van der Waals surface area (Å²) in [7, 11) is -2.95. The van der Waals surface area contributed by atoms with Gasteiger partial charge in [0.2, 0.25) is 0 Å². The molecular weight excluding hydrogens is 346 g/mol. The van der Waals surface area contributed by atoms with Crippen LogP contribution in [-0.4, -0.2) is 48.8 Å². The van der Waals surface area contributed by atoms with Crippen molar-refractivity contribution in [2.45, 2.75) is 31.6 Å². The molecule has 0 bridgehead atoms. The molecule has 24 heavy (non-hydrogen) atoms. The molecule has 1 fully saturated rings. The number of fused-ring (bicyclic) bond motifs is 1. The Balaban J connectivity index is 1.73. The van der Waals surface area contributed by atoms with E-state index in [4.69, 9.17) is 0 Å². The number of nitrogens with zero attached hydrogens (tertiary/aromatic N) is 1. The standard InChI is InChI=1S/C16H21N3O3S2/c1-3-6-17-15(20)11-5-4-10(2)12(7-11)18-16-19-13-8-24(21,22)9-14(13)23-16/h4-5,7,13-14H,3,6,8-9H2,1-2H3,(H,17,20)(H,18,19). The van der Waals surface area contributed by atoms with Gasteiger partial charge in [-0.3, -0.25) is 9.79 Å². The lowest BCUT2D eigenvalue weighted by atomic mass is 10.1. The van der Waals surface area contributed by atoms with Gasteiger partial charge in [0.05, 0.1) is 17.5 Å². The zero-order chi connectivity index (χ0) is 17.3. The molecule has 3 rings (SSSR count). The lowest BCUT2D eigenvalue weighted by molar-refractivity contribution is 0.0953. The van der Waals surface area contributed by atoms with E-state index in [9.17, 15) is 13.2 Å². The second-order valence-corrected chi connectivity index (χ2v) is 9.53. The SMILES string of the molecule is CCCNC(=O)c1ccc(C)c(NC2=NC3CS(=O)(=O)CC3S2)c1. The van der Waals surface area contributed by atoms with Crippen LogP contribution in [0.2, 0.25) is 0 Å². The van der Waals surface area contributed by atoms with Crippen molar-refractivity contribution in [3.8, 4) is 0 Å². The van der Waals surface area contributed by atoms with E-state index in [0.717, 1.165) is 22.8 Å². The summed E-state index contributed by atoms with van der Waals surface area (Å²) in [5.41, 5.74) is 2.44. The quantitative estimate of drug-likeness (QED) is 0.847. The molecule has 0 spiro atoms. The molecule has 8 heteroatoms. The third kappa shape index (κ3) is 3.75. The van der Waals surface area contributed by atoms with Gasteiger partial charge < -0.3 is 10.6 Å². The van der Waals surface area contributed by atoms with E-state index in [1.165, 1.54) is 11.8 Å². The van der Waals surface area contributed by atoms with Gasteiger partial charge in [-0.1, -0.05) is 24.8 Å². The molecule has 1 amide bonds. The summed E-state index contributed by atoms with van der Waals surface area (Å²) < 4.78 is 23.2. The third-order valence-electron chi connectivity index (χ3n) is 4.10. The zero-order valence-electron chi connectivity index (χ0n) is 13.7. The molecule has 1 aromatic carbocycles. The second-order valence-electron chi connectivity index (χ2n) is 6.15. The van der Waals surface area contributed by atoms with E-state index in [-0.39, 0.29) is 28.7 Å². The number of amidine groups is 1. The molecule has 2 atom stereocenters. The van der Waals surface area contributed by atoms with E-state index < -0.39 is 9.84 Å². The minimum absolute atomic E-state index is 0.00819. The fraction of sp³-hybridized carbons (Fsp3) is 0.500. The van der Waals surface area contributed by atoms with E-state index in [0.29, 0.717) is 12.1 Å². The molecule has 2 unspecified atom stereocenters. The van der Waals surface area contributed by atoms with Gasteiger partial charge in [0.1, 0.15) is 0 Å². The van der Waals surface area contributed by atoms with Crippen LogP contribution in [0.15, 0.2) is 23.2 Å². The largest absolute Gasteiger partial charge is 0.352 e. The smallest absolute Gasteiger partial charge is 0.251 e. The van der Waals surface area contributed by atoms with Crippen LogP contribution in [0, 0.1) is 6.92 Å². The summed E-state index contributed by atoms with van der Waals surface area (Å²) in [6, 6.07) is 5.36. The Kier molecular flexibility index (Phi) is 4.87. The van der Waals surface area contributed by atoms with Crippen LogP contribution in [0.1, 0.15) is 29.3 Å². The molecule has 2 heterocycles. The van der Waals surface area contributed by atoms with Gasteiger partial charge in [0.15, 0.2) is 15.0 Å². The highest BCUT2D eigenvalue weighted by molar-refractivity contribution is 8.15. The van der Waals surface area contributed by atoms with Gasteiger partial charge >= 0.3 is 0 Å². The van der Waals surface area contributed by atoms with Gasteiger partial charge in [-0.05, 0) is 31.0 Å². The lowest BCUT2D eigenvalue weighted by Crippen LogP contribution is -2.24. The maximum Gasteiger partial charge on any atom is 0.251 e. The summed E-state index contributed by atoms with van der Waals surface area (Å²) in [5.74, 6) is 0.230. The van der Waals surface area contributed by atoms with Crippen molar-refractivity contribution in [3.63, 3.8) is 0 Å². The molecule has 1 aromatic rings. The molecule has 2 N–H and O–H groups in total. The first kappa shape index (κ1) is 17.3. The Hall–Kier alpha value is -1.54. The first-order chi connectivity index (χ1) is 11.4. The van der Waals surface area contributed by atoms with Crippen molar-refractivity contribution in [1.29, 1.82) is 0 Å². The lowest BCUT2D eigenvalue weighted by Gasteiger charge is -2.12. The average molecular weight is 367 g/mol. The summed E-state index contributed by atoms with van der Waals surface area (Å²) in [5, 5.41) is 6.85. The van der Waals surface area contributed by atoms with Crippen molar-refractivity contribution < 1.29 is 13.2 Å². The van der Waals surface area contributed by atoms with E-state index in [2.05, 4.69) is 15.6 Å². The van der Waals surface area contributed by atoms with Gasteiger partial charge in [0, 0.05) is 23.0 Å². The van der Waals surface area contributed by atoms with Crippen LogP contribution in [0.5, 0.6) is 0 Å². The van der Waals surface area contributed by atoms with Crippen molar-refractivity contribution in [2.24, 2.45) is 4.99 Å². The normalized spacial score (nSPS) is 24.3. The highest BCUT2D eigenvalue weighted by Crippen LogP contribution is 2.35. The van der Waals surface area contributed by atoms with E-state index in [1.807, 2.05) is 26.0 Å². The van der Waals surface area contributed by atoms with Crippen LogP contribution in [0.4, 0.5) is 5.69 Å². The number of nitrogens with one attached hydrogen (secondary N) is 2. The summed E-state index contributed by atoms with van der Waals surface area (Å²) in [4.78, 5) is 16.6. The van der Waals surface area contributed by atoms with Gasteiger partial charge in [0.25, 0.3) is 5.91 Å². The Morgan fingerprint density at radius 3 is 2.88 bits per heavy atom. The maximum absolute atomic E-state index is 12.1. The van der Waals surface area contributed by atoms with Crippen molar-refractivity contribution in [1.82, 2.24) is 5.32 Å². The highest BCUT2D eigenvalue weighted by Gasteiger charge is 2.42. The number of rotatable bonds is 4. The van der Waals surface area contributed by atoms with Gasteiger partial charge in [-0.25, -0.2) is 8.42 Å². The van der Waals surface area contributed by atoms with E-state index in [1.54, 1.807) is 6.07 Å². The number of hydrogen-bond acceptors (Lipinski definition) is 6. The van der Waals surface area contributed by atoms with Crippen molar-refractivity contribution in [2.75, 3.05) is 23.4 Å². The monoisotopic (exact) mass is 367 g/mol. The summed E-state index contributed by atoms with van der Waals surface area (Å²) >= 11 is 1.47. The maximum atomic E-state index is 12.1. The average Bonchev–Trinajstić information content (AvgIpc) is 2.99. The number of amides is 1. The van der Waals surface area contributed by atoms with Crippen LogP contribution >= 0.6 is 11.8 Å². The van der Waals surface area contributed by atoms with Crippen LogP contribution < -0.4 is 10.6 Å². The van der Waals surface area contributed by atoms with Crippen molar-refractivity contribution >= 4 is 38.4 Å². The highest BCUT2D eigenvalue weighted by atomic mass is 32.2. The molecule has 0 aromatic heterocycles. The molecular formula is C16H21N3O3S2. The first-order valence-electron chi connectivity index (χ1n) is 7.98. The molecule has 130 valence electrons. The number of aryl methyl sites for hydroxylation is 1. The predicted molar refractivity (Wildman–Crippen MR) is 98.7 cm³/mol. The number of carbonyl (C=O) groups excluding carboxylic acids is 1. The molecule has 1 saturated heterocycles. The molecule has 6 nitrogen and oxygen atoms in total. The fourth-order valence-electron chi connectivity index (χ4n) is 2.77. The molecule has 2 aliphatic rings. The molecule has 0 aliphatic carbocycles. The molecule has 2 aliphatic heterocycles. The second kappa shape index (κ2) is 6.76. The summed E-state index contributed by atoms with van der Waals surface area (Å²) in [6.07, 6.45) is 0.891. The predicted octanol–water partition coefficient (Wildman–Crippen LogP) is 1.82. The Bertz CT molecular complexity index is 790.